The number of benzene rings is 1. The first-order valence-electron chi connectivity index (χ1n) is 5.24. The van der Waals surface area contributed by atoms with E-state index in [1.807, 2.05) is 6.07 Å². The van der Waals surface area contributed by atoms with Crippen LogP contribution in [0.4, 0.5) is 5.82 Å². The highest BCUT2D eigenvalue weighted by Crippen LogP contribution is 2.16. The summed E-state index contributed by atoms with van der Waals surface area (Å²) in [5.41, 5.74) is 6.59. The average molecular weight is 277 g/mol. The van der Waals surface area contributed by atoms with Gasteiger partial charge in [0.2, 0.25) is 0 Å². The molecule has 96 valence electrons. The summed E-state index contributed by atoms with van der Waals surface area (Å²) in [6.07, 6.45) is 0. The van der Waals surface area contributed by atoms with Crippen molar-refractivity contribution in [3.05, 3.63) is 40.0 Å². The lowest BCUT2D eigenvalue weighted by atomic mass is 10.1. The maximum atomic E-state index is 11.7. The normalized spacial score (nSPS) is 9.89. The summed E-state index contributed by atoms with van der Waals surface area (Å²) < 4.78 is 0. The molecule has 0 fully saturated rings. The number of carbonyl (C=O) groups excluding carboxylic acids is 1. The average Bonchev–Trinajstić information content (AvgIpc) is 2.83. The molecule has 0 atom stereocenters. The van der Waals surface area contributed by atoms with Crippen molar-refractivity contribution in [3.8, 4) is 6.07 Å². The zero-order valence-corrected chi connectivity index (χ0v) is 10.4. The van der Waals surface area contributed by atoms with Crippen molar-refractivity contribution in [2.75, 3.05) is 5.73 Å². The van der Waals surface area contributed by atoms with Crippen molar-refractivity contribution in [1.29, 1.82) is 5.26 Å². The number of carbonyl (C=O) groups is 1. The van der Waals surface area contributed by atoms with E-state index in [0.29, 0.717) is 10.6 Å². The van der Waals surface area contributed by atoms with Gasteiger partial charge in [0, 0.05) is 6.54 Å². The second-order valence-corrected chi connectivity index (χ2v) is 4.07. The maximum absolute atomic E-state index is 11.7. The fourth-order valence-electron chi connectivity index (χ4n) is 1.44. The zero-order valence-electron chi connectivity index (χ0n) is 9.64. The molecular weight excluding hydrogens is 268 g/mol. The molecule has 8 heteroatoms. The Morgan fingerprint density at radius 3 is 2.95 bits per heavy atom. The number of halogens is 1. The van der Waals surface area contributed by atoms with Gasteiger partial charge in [-0.25, -0.2) is 0 Å². The summed E-state index contributed by atoms with van der Waals surface area (Å²) in [5.74, 6) is -0.411. The summed E-state index contributed by atoms with van der Waals surface area (Å²) in [6, 6.07) is 6.89. The van der Waals surface area contributed by atoms with E-state index in [1.54, 1.807) is 18.2 Å². The number of H-pyrrole nitrogens is 1. The Labute approximate surface area is 113 Å². The number of rotatable bonds is 3. The molecule has 0 saturated carbocycles. The van der Waals surface area contributed by atoms with Crippen molar-refractivity contribution in [2.24, 2.45) is 0 Å². The number of nitriles is 1. The highest BCUT2D eigenvalue weighted by atomic mass is 35.5. The molecule has 1 aromatic carbocycles. The van der Waals surface area contributed by atoms with Gasteiger partial charge in [-0.15, -0.1) is 10.2 Å². The minimum absolute atomic E-state index is 0.0336. The fourth-order valence-corrected chi connectivity index (χ4v) is 1.60. The second kappa shape index (κ2) is 5.37. The Hall–Kier alpha value is -2.59. The molecule has 0 unspecified atom stereocenters. The third-order valence-electron chi connectivity index (χ3n) is 2.39. The lowest BCUT2D eigenvalue weighted by Gasteiger charge is -2.04. The van der Waals surface area contributed by atoms with Crippen molar-refractivity contribution in [1.82, 2.24) is 20.7 Å². The van der Waals surface area contributed by atoms with Crippen LogP contribution in [0.25, 0.3) is 0 Å². The molecule has 2 aromatic rings. The smallest absolute Gasteiger partial charge is 0.275 e. The van der Waals surface area contributed by atoms with Gasteiger partial charge < -0.3 is 11.1 Å². The van der Waals surface area contributed by atoms with Gasteiger partial charge in [0.25, 0.3) is 5.91 Å². The predicted molar refractivity (Wildman–Crippen MR) is 68.1 cm³/mol. The largest absolute Gasteiger partial charge is 0.380 e. The number of anilines is 1. The minimum atomic E-state index is -0.445. The van der Waals surface area contributed by atoms with E-state index in [2.05, 4.69) is 20.7 Å². The van der Waals surface area contributed by atoms with Crippen molar-refractivity contribution < 1.29 is 4.79 Å². The van der Waals surface area contributed by atoms with Crippen LogP contribution in [0.2, 0.25) is 5.02 Å². The van der Waals surface area contributed by atoms with E-state index in [-0.39, 0.29) is 18.1 Å². The summed E-state index contributed by atoms with van der Waals surface area (Å²) in [7, 11) is 0. The fraction of sp³-hybridized carbons (Fsp3) is 0.0909. The molecule has 0 aliphatic rings. The van der Waals surface area contributed by atoms with E-state index >= 15 is 0 Å². The molecule has 7 nitrogen and oxygen atoms in total. The number of amides is 1. The van der Waals surface area contributed by atoms with Crippen LogP contribution < -0.4 is 11.1 Å². The van der Waals surface area contributed by atoms with Gasteiger partial charge in [-0.3, -0.25) is 4.79 Å². The quantitative estimate of drug-likeness (QED) is 0.767. The first-order valence-corrected chi connectivity index (χ1v) is 5.62. The minimum Gasteiger partial charge on any atom is -0.380 e. The van der Waals surface area contributed by atoms with Gasteiger partial charge in [-0.1, -0.05) is 17.7 Å². The Kier molecular flexibility index (Phi) is 3.63. The van der Waals surface area contributed by atoms with Gasteiger partial charge in [0.15, 0.2) is 11.5 Å². The van der Waals surface area contributed by atoms with Gasteiger partial charge in [0.05, 0.1) is 10.6 Å². The number of nitrogens with one attached hydrogen (secondary N) is 2. The highest BCUT2D eigenvalue weighted by Gasteiger charge is 2.13. The van der Waals surface area contributed by atoms with Gasteiger partial charge in [-0.2, -0.15) is 10.5 Å². The highest BCUT2D eigenvalue weighted by molar-refractivity contribution is 6.31. The first kappa shape index (κ1) is 12.9. The van der Waals surface area contributed by atoms with Crippen molar-refractivity contribution in [2.45, 2.75) is 6.54 Å². The number of hydrogen-bond acceptors (Lipinski definition) is 5. The predicted octanol–water partition coefficient (Wildman–Crippen LogP) is 0.842. The van der Waals surface area contributed by atoms with Gasteiger partial charge in [-0.05, 0) is 17.7 Å². The van der Waals surface area contributed by atoms with E-state index in [4.69, 9.17) is 22.6 Å². The zero-order chi connectivity index (χ0) is 13.8. The number of aromatic nitrogens is 3. The topological polar surface area (TPSA) is 120 Å². The van der Waals surface area contributed by atoms with E-state index in [1.165, 1.54) is 0 Å². The van der Waals surface area contributed by atoms with Crippen LogP contribution in [0.1, 0.15) is 21.6 Å². The second-order valence-electron chi connectivity index (χ2n) is 3.67. The van der Waals surface area contributed by atoms with Crippen LogP contribution in [0.15, 0.2) is 18.2 Å². The van der Waals surface area contributed by atoms with Gasteiger partial charge >= 0.3 is 0 Å². The summed E-state index contributed by atoms with van der Waals surface area (Å²) in [5, 5.41) is 21.3. The number of nitrogens with two attached hydrogens (primary N) is 1. The van der Waals surface area contributed by atoms with Gasteiger partial charge in [0.1, 0.15) is 6.07 Å². The third-order valence-corrected chi connectivity index (χ3v) is 2.72. The molecule has 1 heterocycles. The number of aromatic amines is 1. The molecule has 0 bridgehead atoms. The molecule has 0 radical (unpaired) electrons. The lowest BCUT2D eigenvalue weighted by Crippen LogP contribution is -2.24. The standard InChI is InChI=1S/C11H9ClN6O/c12-8-2-1-6(3-7(8)4-13)5-15-11(19)9-10(14)17-18-16-9/h1-3H,5H2,(H,15,19)(H3,14,16,17,18). The summed E-state index contributed by atoms with van der Waals surface area (Å²) in [4.78, 5) is 11.7. The van der Waals surface area contributed by atoms with Crippen molar-refractivity contribution in [3.63, 3.8) is 0 Å². The van der Waals surface area contributed by atoms with Crippen molar-refractivity contribution >= 4 is 23.3 Å². The van der Waals surface area contributed by atoms with E-state index in [0.717, 1.165) is 5.56 Å². The molecule has 0 aliphatic carbocycles. The Bertz CT molecular complexity index is 659. The molecule has 1 aromatic heterocycles. The molecule has 4 N–H and O–H groups in total. The molecule has 1 amide bonds. The van der Waals surface area contributed by atoms with E-state index < -0.39 is 5.91 Å². The molecule has 0 aliphatic heterocycles. The number of hydrogen-bond donors (Lipinski definition) is 3. The third kappa shape index (κ3) is 2.81. The Morgan fingerprint density at radius 2 is 2.32 bits per heavy atom. The van der Waals surface area contributed by atoms with Crippen LogP contribution in [0.3, 0.4) is 0 Å². The Morgan fingerprint density at radius 1 is 1.53 bits per heavy atom. The lowest BCUT2D eigenvalue weighted by molar-refractivity contribution is 0.0947. The molecule has 0 spiro atoms. The maximum Gasteiger partial charge on any atom is 0.275 e. The van der Waals surface area contributed by atoms with E-state index in [9.17, 15) is 4.79 Å². The van der Waals surface area contributed by atoms with Crippen LogP contribution in [-0.2, 0) is 6.54 Å². The number of nitrogens with zero attached hydrogens (tertiary/aromatic N) is 3. The van der Waals surface area contributed by atoms with Crippen LogP contribution >= 0.6 is 11.6 Å². The first-order chi connectivity index (χ1) is 9.11. The monoisotopic (exact) mass is 276 g/mol. The molecule has 0 saturated heterocycles. The molecule has 2 rings (SSSR count). The van der Waals surface area contributed by atoms with Crippen LogP contribution in [-0.4, -0.2) is 21.3 Å². The summed E-state index contributed by atoms with van der Waals surface area (Å²) >= 11 is 5.81. The SMILES string of the molecule is N#Cc1cc(CNC(=O)c2n[nH]nc2N)ccc1Cl. The number of nitrogen functional groups attached to an aromatic ring is 1. The van der Waals surface area contributed by atoms with Crippen LogP contribution in [0, 0.1) is 11.3 Å². The summed E-state index contributed by atoms with van der Waals surface area (Å²) in [6.45, 7) is 0.233. The molecule has 19 heavy (non-hydrogen) atoms. The Balaban J connectivity index is 2.06. The molecular formula is C11H9ClN6O. The van der Waals surface area contributed by atoms with Crippen LogP contribution in [0.5, 0.6) is 0 Å².